The second-order valence-electron chi connectivity index (χ2n) is 8.72. The number of fused-ring (bicyclic) bond motifs is 1. The third-order valence-corrected chi connectivity index (χ3v) is 6.57. The van der Waals surface area contributed by atoms with Crippen LogP contribution in [0.15, 0.2) is 34.9 Å². The topological polar surface area (TPSA) is 53.8 Å². The minimum Gasteiger partial charge on any atom is -0.464 e. The van der Waals surface area contributed by atoms with Gasteiger partial charge in [0.25, 0.3) is 5.91 Å². The van der Waals surface area contributed by atoms with Crippen LogP contribution in [-0.4, -0.2) is 47.8 Å². The highest BCUT2D eigenvalue weighted by Gasteiger charge is 2.43. The fourth-order valence-electron chi connectivity index (χ4n) is 4.88. The van der Waals surface area contributed by atoms with Crippen LogP contribution in [0.2, 0.25) is 0 Å². The van der Waals surface area contributed by atoms with Crippen LogP contribution in [0.25, 0.3) is 11.0 Å². The maximum Gasteiger partial charge on any atom is 0.253 e. The normalized spacial score (nSPS) is 26.1. The number of carbonyl (C=O) groups is 2. The summed E-state index contributed by atoms with van der Waals surface area (Å²) in [5, 5.41) is 0.964. The van der Waals surface area contributed by atoms with Gasteiger partial charge in [-0.2, -0.15) is 0 Å². The molecule has 27 heavy (non-hydrogen) atoms. The Balaban J connectivity index is 1.33. The Morgan fingerprint density at radius 1 is 1.19 bits per heavy atom. The summed E-state index contributed by atoms with van der Waals surface area (Å²) in [5.74, 6) is 1.12. The smallest absolute Gasteiger partial charge is 0.253 e. The lowest BCUT2D eigenvalue weighted by Crippen LogP contribution is -2.55. The van der Waals surface area contributed by atoms with Crippen molar-refractivity contribution in [3.63, 3.8) is 0 Å². The Hall–Kier alpha value is -2.30. The molecular formula is C22H26N2O3. The van der Waals surface area contributed by atoms with Crippen molar-refractivity contribution in [2.24, 2.45) is 11.3 Å². The molecule has 3 aliphatic rings. The van der Waals surface area contributed by atoms with Gasteiger partial charge < -0.3 is 14.2 Å². The molecule has 2 saturated heterocycles. The first-order chi connectivity index (χ1) is 13.1. The average Bonchev–Trinajstić information content (AvgIpc) is 3.37. The molecule has 5 heteroatoms. The van der Waals surface area contributed by atoms with Crippen LogP contribution in [-0.2, 0) is 4.79 Å². The van der Waals surface area contributed by atoms with E-state index in [1.165, 1.54) is 12.8 Å². The van der Waals surface area contributed by atoms with Crippen molar-refractivity contribution in [1.29, 1.82) is 0 Å². The van der Waals surface area contributed by atoms with E-state index < -0.39 is 0 Å². The van der Waals surface area contributed by atoms with Crippen molar-refractivity contribution in [3.8, 4) is 0 Å². The van der Waals surface area contributed by atoms with Gasteiger partial charge in [-0.25, -0.2) is 0 Å². The molecule has 3 heterocycles. The van der Waals surface area contributed by atoms with E-state index >= 15 is 0 Å². The molecule has 3 fully saturated rings. The zero-order chi connectivity index (χ0) is 18.4. The first-order valence-corrected chi connectivity index (χ1v) is 10.2. The lowest BCUT2D eigenvalue weighted by Gasteiger charge is -2.48. The van der Waals surface area contributed by atoms with Crippen molar-refractivity contribution in [2.45, 2.75) is 38.5 Å². The Labute approximate surface area is 159 Å². The van der Waals surface area contributed by atoms with Gasteiger partial charge in [-0.05, 0) is 62.3 Å². The van der Waals surface area contributed by atoms with Crippen molar-refractivity contribution in [1.82, 2.24) is 9.80 Å². The van der Waals surface area contributed by atoms with Crippen LogP contribution in [0, 0.1) is 11.3 Å². The van der Waals surface area contributed by atoms with Crippen molar-refractivity contribution in [2.75, 3.05) is 26.2 Å². The molecule has 2 aliphatic heterocycles. The van der Waals surface area contributed by atoms with Gasteiger partial charge in [0.05, 0.1) is 6.26 Å². The zero-order valence-corrected chi connectivity index (χ0v) is 15.7. The maximum atomic E-state index is 13.1. The van der Waals surface area contributed by atoms with E-state index in [2.05, 4.69) is 4.90 Å². The van der Waals surface area contributed by atoms with Gasteiger partial charge in [0, 0.05) is 49.0 Å². The van der Waals surface area contributed by atoms with Gasteiger partial charge in [-0.3, -0.25) is 9.59 Å². The Morgan fingerprint density at radius 3 is 2.93 bits per heavy atom. The Kier molecular flexibility index (Phi) is 3.99. The SMILES string of the molecule is O=C1CCC2(CCCN(C(=O)c3ccc4occc4c3)C2)CN1CC1CC1. The number of carbonyl (C=O) groups excluding carboxylic acids is 2. The predicted octanol–water partition coefficient (Wildman–Crippen LogP) is 3.69. The van der Waals surface area contributed by atoms with Crippen LogP contribution in [0.3, 0.4) is 0 Å². The monoisotopic (exact) mass is 366 g/mol. The fraction of sp³-hybridized carbons (Fsp3) is 0.545. The fourth-order valence-corrected chi connectivity index (χ4v) is 4.88. The highest BCUT2D eigenvalue weighted by molar-refractivity contribution is 5.97. The van der Waals surface area contributed by atoms with Crippen LogP contribution in [0.5, 0.6) is 0 Å². The minimum absolute atomic E-state index is 0.0798. The molecule has 1 saturated carbocycles. The minimum atomic E-state index is 0.0798. The van der Waals surface area contributed by atoms with E-state index in [1.54, 1.807) is 6.26 Å². The third kappa shape index (κ3) is 3.24. The zero-order valence-electron chi connectivity index (χ0n) is 15.7. The Bertz CT molecular complexity index is 885. The molecule has 2 aromatic rings. The second-order valence-corrected chi connectivity index (χ2v) is 8.72. The van der Waals surface area contributed by atoms with Crippen molar-refractivity contribution < 1.29 is 14.0 Å². The molecule has 142 valence electrons. The molecule has 1 aliphatic carbocycles. The van der Waals surface area contributed by atoms with Gasteiger partial charge in [0.1, 0.15) is 5.58 Å². The molecule has 1 atom stereocenters. The molecular weight excluding hydrogens is 340 g/mol. The number of furan rings is 1. The molecule has 5 rings (SSSR count). The molecule has 1 aromatic carbocycles. The van der Waals surface area contributed by atoms with E-state index in [4.69, 9.17) is 4.42 Å². The van der Waals surface area contributed by atoms with Gasteiger partial charge in [0.2, 0.25) is 5.91 Å². The summed E-state index contributed by atoms with van der Waals surface area (Å²) < 4.78 is 5.38. The average molecular weight is 366 g/mol. The number of hydrogen-bond donors (Lipinski definition) is 0. The summed E-state index contributed by atoms with van der Waals surface area (Å²) in [4.78, 5) is 29.6. The molecule has 1 spiro atoms. The number of nitrogens with zero attached hydrogens (tertiary/aromatic N) is 2. The Morgan fingerprint density at radius 2 is 2.07 bits per heavy atom. The summed E-state index contributed by atoms with van der Waals surface area (Å²) in [7, 11) is 0. The number of hydrogen-bond acceptors (Lipinski definition) is 3. The number of likely N-dealkylation sites (tertiary alicyclic amines) is 2. The first kappa shape index (κ1) is 16.8. The van der Waals surface area contributed by atoms with E-state index in [9.17, 15) is 9.59 Å². The third-order valence-electron chi connectivity index (χ3n) is 6.57. The highest BCUT2D eigenvalue weighted by atomic mass is 16.3. The summed E-state index contributed by atoms with van der Waals surface area (Å²) >= 11 is 0. The standard InChI is InChI=1S/C22H26N2O3/c25-20-6-9-22(15-24(20)13-16-2-3-16)8-1-10-23(14-22)21(26)18-4-5-19-17(12-18)7-11-27-19/h4-5,7,11-12,16H,1-3,6,8-10,13-15H2. The molecule has 0 N–H and O–H groups in total. The lowest BCUT2D eigenvalue weighted by molar-refractivity contribution is -0.139. The predicted molar refractivity (Wildman–Crippen MR) is 102 cm³/mol. The van der Waals surface area contributed by atoms with E-state index in [0.29, 0.717) is 18.2 Å². The molecule has 0 bridgehead atoms. The quantitative estimate of drug-likeness (QED) is 0.832. The summed E-state index contributed by atoms with van der Waals surface area (Å²) in [6.07, 6.45) is 7.86. The van der Waals surface area contributed by atoms with Crippen LogP contribution >= 0.6 is 0 Å². The van der Waals surface area contributed by atoms with Crippen LogP contribution < -0.4 is 0 Å². The first-order valence-electron chi connectivity index (χ1n) is 10.2. The summed E-state index contributed by atoms with van der Waals surface area (Å²) in [6, 6.07) is 7.55. The molecule has 2 amide bonds. The molecule has 5 nitrogen and oxygen atoms in total. The van der Waals surface area contributed by atoms with Crippen molar-refractivity contribution >= 4 is 22.8 Å². The van der Waals surface area contributed by atoms with E-state index in [1.807, 2.05) is 29.2 Å². The van der Waals surface area contributed by atoms with Crippen LogP contribution in [0.1, 0.15) is 48.9 Å². The molecule has 1 aromatic heterocycles. The molecule has 1 unspecified atom stereocenters. The van der Waals surface area contributed by atoms with E-state index in [-0.39, 0.29) is 11.3 Å². The maximum absolute atomic E-state index is 13.1. The summed E-state index contributed by atoms with van der Waals surface area (Å²) in [6.45, 7) is 3.32. The van der Waals surface area contributed by atoms with E-state index in [0.717, 1.165) is 62.0 Å². The van der Waals surface area contributed by atoms with Gasteiger partial charge >= 0.3 is 0 Å². The second kappa shape index (κ2) is 6.39. The van der Waals surface area contributed by atoms with Gasteiger partial charge in [-0.15, -0.1) is 0 Å². The lowest BCUT2D eigenvalue weighted by atomic mass is 9.73. The number of amides is 2. The largest absolute Gasteiger partial charge is 0.464 e. The molecule has 0 radical (unpaired) electrons. The summed E-state index contributed by atoms with van der Waals surface area (Å²) in [5.41, 5.74) is 1.61. The number of rotatable bonds is 3. The van der Waals surface area contributed by atoms with Gasteiger partial charge in [0.15, 0.2) is 0 Å². The van der Waals surface area contributed by atoms with Crippen molar-refractivity contribution in [3.05, 3.63) is 36.1 Å². The van der Waals surface area contributed by atoms with Crippen LogP contribution in [0.4, 0.5) is 0 Å². The highest BCUT2D eigenvalue weighted by Crippen LogP contribution is 2.41. The number of benzene rings is 1. The number of piperidine rings is 2. The van der Waals surface area contributed by atoms with Gasteiger partial charge in [-0.1, -0.05) is 0 Å².